The second-order valence-electron chi connectivity index (χ2n) is 3.89. The lowest BCUT2D eigenvalue weighted by atomic mass is 10.2. The molecule has 2 aromatic rings. The molecule has 0 saturated carbocycles. The second kappa shape index (κ2) is 8.30. The molecule has 4 heteroatoms. The molecule has 2 rings (SSSR count). The number of rotatable bonds is 5. The fourth-order valence-corrected chi connectivity index (χ4v) is 1.82. The Morgan fingerprint density at radius 1 is 0.947 bits per heavy atom. The molecule has 0 atom stereocenters. The number of halogens is 1. The Balaban J connectivity index is 0.00000180. The van der Waals surface area contributed by atoms with Crippen LogP contribution >= 0.6 is 11.6 Å². The van der Waals surface area contributed by atoms with Gasteiger partial charge in [-0.05, 0) is 23.3 Å². The van der Waals surface area contributed by atoms with Gasteiger partial charge < -0.3 is 9.47 Å². The van der Waals surface area contributed by atoms with Crippen molar-refractivity contribution in [3.05, 3.63) is 59.7 Å². The van der Waals surface area contributed by atoms with Gasteiger partial charge >= 0.3 is 23.1 Å². The Labute approximate surface area is 134 Å². The molecule has 0 aliphatic rings. The lowest BCUT2D eigenvalue weighted by Gasteiger charge is -2.11. The third kappa shape index (κ3) is 4.60. The molecule has 98 valence electrons. The summed E-state index contributed by atoms with van der Waals surface area (Å²) in [6.45, 7) is 0.517. The first-order valence-corrected chi connectivity index (χ1v) is 6.26. The fourth-order valence-electron chi connectivity index (χ4n) is 1.65. The molecule has 0 N–H and O–H groups in total. The van der Waals surface area contributed by atoms with Gasteiger partial charge in [0.1, 0.15) is 6.61 Å². The smallest absolute Gasteiger partial charge is 0.316 e. The molecule has 0 heterocycles. The summed E-state index contributed by atoms with van der Waals surface area (Å²) < 4.78 is 11.0. The van der Waals surface area contributed by atoms with E-state index in [1.54, 1.807) is 7.11 Å². The molecule has 0 saturated heterocycles. The lowest BCUT2D eigenvalue weighted by molar-refractivity contribution is 0.284. The van der Waals surface area contributed by atoms with Crippen molar-refractivity contribution in [2.75, 3.05) is 7.11 Å². The average molecular weight is 289 g/mol. The summed E-state index contributed by atoms with van der Waals surface area (Å²) in [6, 6.07) is 15.7. The first-order chi connectivity index (χ1) is 8.83. The zero-order chi connectivity index (χ0) is 12.8. The van der Waals surface area contributed by atoms with Crippen molar-refractivity contribution >= 4 is 34.7 Å². The predicted octanol–water partition coefficient (Wildman–Crippen LogP) is 3.10. The van der Waals surface area contributed by atoms with Crippen LogP contribution in [-0.4, -0.2) is 30.2 Å². The number of methoxy groups -OCH3 is 1. The van der Waals surface area contributed by atoms with Gasteiger partial charge in [-0.2, -0.15) is 0 Å². The average Bonchev–Trinajstić information content (AvgIpc) is 2.45. The predicted molar refractivity (Wildman–Crippen MR) is 81.9 cm³/mol. The summed E-state index contributed by atoms with van der Waals surface area (Å²) in [5.41, 5.74) is 2.14. The van der Waals surface area contributed by atoms with Crippen molar-refractivity contribution < 1.29 is 9.47 Å². The van der Waals surface area contributed by atoms with Crippen molar-refractivity contribution in [1.82, 2.24) is 0 Å². The first-order valence-electron chi connectivity index (χ1n) is 5.73. The molecule has 0 aliphatic carbocycles. The van der Waals surface area contributed by atoms with Gasteiger partial charge in [-0.1, -0.05) is 36.4 Å². The van der Waals surface area contributed by atoms with Crippen LogP contribution in [0.1, 0.15) is 11.1 Å². The number of benzene rings is 2. The quantitative estimate of drug-likeness (QED) is 0.622. The van der Waals surface area contributed by atoms with Crippen LogP contribution in [0, 0.1) is 0 Å². The summed E-state index contributed by atoms with van der Waals surface area (Å²) in [6.07, 6.45) is 0. The third-order valence-corrected chi connectivity index (χ3v) is 2.93. The molecule has 0 fully saturated rings. The van der Waals surface area contributed by atoms with Gasteiger partial charge in [-0.25, -0.2) is 0 Å². The van der Waals surface area contributed by atoms with Gasteiger partial charge in [0.15, 0.2) is 11.5 Å². The van der Waals surface area contributed by atoms with E-state index in [2.05, 4.69) is 0 Å². The molecule has 0 bridgehead atoms. The molecule has 0 amide bonds. The number of hydrogen-bond donors (Lipinski definition) is 0. The van der Waals surface area contributed by atoms with E-state index in [0.29, 0.717) is 12.5 Å². The maximum Gasteiger partial charge on any atom is 0.316 e. The summed E-state index contributed by atoms with van der Waals surface area (Å²) in [4.78, 5) is 0. The molecule has 2 aromatic carbocycles. The molecule has 2 nitrogen and oxygen atoms in total. The van der Waals surface area contributed by atoms with Crippen LogP contribution in [0.15, 0.2) is 48.5 Å². The van der Waals surface area contributed by atoms with E-state index >= 15 is 0 Å². The van der Waals surface area contributed by atoms with Crippen LogP contribution in [0.5, 0.6) is 11.5 Å². The Morgan fingerprint density at radius 3 is 2.32 bits per heavy atom. The normalized spacial score (nSPS) is 9.58. The number of hydrogen-bond acceptors (Lipinski definition) is 2. The van der Waals surface area contributed by atoms with E-state index in [9.17, 15) is 0 Å². The van der Waals surface area contributed by atoms with Gasteiger partial charge in [0.05, 0.1) is 7.11 Å². The van der Waals surface area contributed by atoms with Crippen molar-refractivity contribution in [1.29, 1.82) is 0 Å². The molecule has 0 radical (unpaired) electrons. The maximum atomic E-state index is 5.82. The largest absolute Gasteiger partial charge is 0.493 e. The van der Waals surface area contributed by atoms with Crippen LogP contribution < -0.4 is 9.47 Å². The van der Waals surface area contributed by atoms with Crippen LogP contribution in [0.3, 0.4) is 0 Å². The highest BCUT2D eigenvalue weighted by atomic mass is 35.5. The van der Waals surface area contributed by atoms with Crippen LogP contribution in [0.4, 0.5) is 0 Å². The molecule has 0 unspecified atom stereocenters. The molecular weight excluding hydrogens is 272 g/mol. The molecule has 19 heavy (non-hydrogen) atoms. The van der Waals surface area contributed by atoms with Crippen molar-refractivity contribution in [3.8, 4) is 11.5 Å². The molecular formula is C15H17ClMgO2. The van der Waals surface area contributed by atoms with Crippen molar-refractivity contribution in [2.45, 2.75) is 12.5 Å². The lowest BCUT2D eigenvalue weighted by Crippen LogP contribution is -1.98. The van der Waals surface area contributed by atoms with E-state index in [1.165, 1.54) is 0 Å². The molecule has 0 spiro atoms. The minimum atomic E-state index is 0. The minimum Gasteiger partial charge on any atom is -0.493 e. The molecule has 0 aromatic heterocycles. The topological polar surface area (TPSA) is 18.5 Å². The van der Waals surface area contributed by atoms with E-state index in [0.717, 1.165) is 22.6 Å². The molecule has 0 aliphatic heterocycles. The maximum absolute atomic E-state index is 5.82. The van der Waals surface area contributed by atoms with Gasteiger partial charge in [-0.3, -0.25) is 0 Å². The van der Waals surface area contributed by atoms with E-state index in [4.69, 9.17) is 21.1 Å². The van der Waals surface area contributed by atoms with Gasteiger partial charge in [0.25, 0.3) is 0 Å². The Morgan fingerprint density at radius 2 is 1.68 bits per heavy atom. The zero-order valence-electron chi connectivity index (χ0n) is 10.2. The summed E-state index contributed by atoms with van der Waals surface area (Å²) in [7, 11) is 1.63. The zero-order valence-corrected chi connectivity index (χ0v) is 11.0. The summed E-state index contributed by atoms with van der Waals surface area (Å²) in [5.74, 6) is 1.91. The van der Waals surface area contributed by atoms with Crippen LogP contribution in [0.2, 0.25) is 0 Å². The highest BCUT2D eigenvalue weighted by molar-refractivity contribution is 6.17. The highest BCUT2D eigenvalue weighted by Crippen LogP contribution is 2.29. The van der Waals surface area contributed by atoms with Gasteiger partial charge in [0, 0.05) is 5.88 Å². The summed E-state index contributed by atoms with van der Waals surface area (Å²) >= 11 is 5.82. The van der Waals surface area contributed by atoms with E-state index in [1.807, 2.05) is 48.5 Å². The minimum absolute atomic E-state index is 0. The number of alkyl halides is 1. The Bertz CT molecular complexity index is 503. The van der Waals surface area contributed by atoms with E-state index < -0.39 is 0 Å². The van der Waals surface area contributed by atoms with Crippen LogP contribution in [0.25, 0.3) is 0 Å². The highest BCUT2D eigenvalue weighted by Gasteiger charge is 2.05. The Kier molecular flexibility index (Phi) is 7.06. The second-order valence-corrected chi connectivity index (χ2v) is 4.16. The van der Waals surface area contributed by atoms with Gasteiger partial charge in [0.2, 0.25) is 0 Å². The van der Waals surface area contributed by atoms with Gasteiger partial charge in [-0.15, -0.1) is 11.6 Å². The Hall–Kier alpha value is -0.904. The van der Waals surface area contributed by atoms with Crippen molar-refractivity contribution in [3.63, 3.8) is 0 Å². The number of ether oxygens (including phenoxy) is 2. The van der Waals surface area contributed by atoms with E-state index in [-0.39, 0.29) is 23.1 Å². The monoisotopic (exact) mass is 288 g/mol. The fraction of sp³-hybridized carbons (Fsp3) is 0.200. The first kappa shape index (κ1) is 16.2. The SMILES string of the molecule is COc1ccc(CCl)cc1OCc1ccccc1.[MgH2]. The standard InChI is InChI=1S/C15H15ClO2.Mg.2H/c1-17-14-8-7-13(10-16)9-15(14)18-11-12-5-3-2-4-6-12;;;/h2-9H,10-11H2,1H3;;;. The third-order valence-electron chi connectivity index (χ3n) is 2.62. The summed E-state index contributed by atoms with van der Waals surface area (Å²) in [5, 5.41) is 0. The van der Waals surface area contributed by atoms with Crippen LogP contribution in [-0.2, 0) is 12.5 Å². The van der Waals surface area contributed by atoms with Crippen molar-refractivity contribution in [2.24, 2.45) is 0 Å².